The van der Waals surface area contributed by atoms with Gasteiger partial charge in [0.25, 0.3) is 5.91 Å². The van der Waals surface area contributed by atoms with Crippen molar-refractivity contribution < 1.29 is 14.3 Å². The van der Waals surface area contributed by atoms with E-state index in [0.717, 1.165) is 17.0 Å². The van der Waals surface area contributed by atoms with Crippen LogP contribution in [0.5, 0.6) is 11.5 Å². The molecule has 3 aromatic rings. The number of carbonyl (C=O) groups excluding carboxylic acids is 1. The number of hydrogen-bond acceptors (Lipinski definition) is 4. The van der Waals surface area contributed by atoms with E-state index in [1.165, 1.54) is 0 Å². The Balaban J connectivity index is 1.48. The van der Waals surface area contributed by atoms with E-state index in [1.54, 1.807) is 31.8 Å². The van der Waals surface area contributed by atoms with Gasteiger partial charge in [-0.1, -0.05) is 0 Å². The molecule has 0 fully saturated rings. The third kappa shape index (κ3) is 3.60. The second-order valence-electron chi connectivity index (χ2n) is 4.92. The molecule has 0 aliphatic rings. The van der Waals surface area contributed by atoms with Crippen molar-refractivity contribution in [1.82, 2.24) is 14.7 Å². The fraction of sp³-hybridized carbons (Fsp3) is 0.176. The predicted molar refractivity (Wildman–Crippen MR) is 86.0 cm³/mol. The molecule has 0 saturated heterocycles. The lowest BCUT2D eigenvalue weighted by Crippen LogP contribution is -2.28. The molecular weight excluding hydrogens is 294 g/mol. The third-order valence-electron chi connectivity index (χ3n) is 3.39. The van der Waals surface area contributed by atoms with Crippen LogP contribution in [0.15, 0.2) is 55.1 Å². The summed E-state index contributed by atoms with van der Waals surface area (Å²) in [6, 6.07) is 10.9. The van der Waals surface area contributed by atoms with Gasteiger partial charge in [0.05, 0.1) is 31.7 Å². The van der Waals surface area contributed by atoms with Crippen molar-refractivity contribution in [3.05, 3.63) is 60.7 Å². The minimum Gasteiger partial charge on any atom is -0.497 e. The maximum Gasteiger partial charge on any atom is 0.251 e. The Morgan fingerprint density at radius 1 is 1.22 bits per heavy atom. The number of nitrogens with one attached hydrogen (secondary N) is 1. The van der Waals surface area contributed by atoms with Crippen LogP contribution in [0, 0.1) is 0 Å². The first-order chi connectivity index (χ1) is 11.3. The Morgan fingerprint density at radius 2 is 2.00 bits per heavy atom. The van der Waals surface area contributed by atoms with E-state index in [0.29, 0.717) is 18.7 Å². The lowest BCUT2D eigenvalue weighted by molar-refractivity contribution is 0.0947. The Morgan fingerprint density at radius 3 is 2.78 bits per heavy atom. The number of pyridine rings is 1. The number of ether oxygens (including phenoxy) is 2. The van der Waals surface area contributed by atoms with E-state index >= 15 is 0 Å². The summed E-state index contributed by atoms with van der Waals surface area (Å²) >= 11 is 0. The highest BCUT2D eigenvalue weighted by Crippen LogP contribution is 2.16. The Bertz CT molecular complexity index is 796. The van der Waals surface area contributed by atoms with Crippen LogP contribution in [-0.4, -0.2) is 35.6 Å². The zero-order chi connectivity index (χ0) is 16.1. The van der Waals surface area contributed by atoms with E-state index in [1.807, 2.05) is 34.9 Å². The van der Waals surface area contributed by atoms with Crippen LogP contribution in [0.25, 0.3) is 5.52 Å². The fourth-order valence-electron chi connectivity index (χ4n) is 2.17. The molecule has 2 aromatic heterocycles. The molecule has 3 rings (SSSR count). The van der Waals surface area contributed by atoms with Crippen molar-refractivity contribution in [3.8, 4) is 11.5 Å². The van der Waals surface area contributed by atoms with Crippen LogP contribution >= 0.6 is 0 Å². The van der Waals surface area contributed by atoms with Gasteiger partial charge in [-0.15, -0.1) is 0 Å². The molecular formula is C17H17N3O3. The van der Waals surface area contributed by atoms with E-state index < -0.39 is 0 Å². The van der Waals surface area contributed by atoms with E-state index in [2.05, 4.69) is 10.3 Å². The fourth-order valence-corrected chi connectivity index (χ4v) is 2.17. The molecule has 1 N–H and O–H groups in total. The maximum atomic E-state index is 12.1. The van der Waals surface area contributed by atoms with Crippen molar-refractivity contribution in [2.24, 2.45) is 0 Å². The standard InChI is InChI=1S/C17H17N3O3/c1-22-15-2-4-16(5-3-15)23-9-7-19-17(21)13-6-8-20-12-18-11-14(20)10-13/h2-6,8,10-12H,7,9H2,1H3,(H,19,21). The van der Waals surface area contributed by atoms with Crippen molar-refractivity contribution in [2.75, 3.05) is 20.3 Å². The van der Waals surface area contributed by atoms with Gasteiger partial charge in [0.1, 0.15) is 18.1 Å². The molecule has 6 nitrogen and oxygen atoms in total. The summed E-state index contributed by atoms with van der Waals surface area (Å²) in [5.41, 5.74) is 1.48. The third-order valence-corrected chi connectivity index (χ3v) is 3.39. The van der Waals surface area contributed by atoms with E-state index in [-0.39, 0.29) is 5.91 Å². The summed E-state index contributed by atoms with van der Waals surface area (Å²) in [6.07, 6.45) is 5.22. The highest BCUT2D eigenvalue weighted by atomic mass is 16.5. The largest absolute Gasteiger partial charge is 0.497 e. The quantitative estimate of drug-likeness (QED) is 0.709. The number of imidazole rings is 1. The molecule has 118 valence electrons. The molecule has 0 atom stereocenters. The molecule has 0 saturated carbocycles. The first-order valence-electron chi connectivity index (χ1n) is 7.23. The first-order valence-corrected chi connectivity index (χ1v) is 7.23. The second kappa shape index (κ2) is 6.83. The summed E-state index contributed by atoms with van der Waals surface area (Å²) in [7, 11) is 1.62. The molecule has 0 radical (unpaired) electrons. The lowest BCUT2D eigenvalue weighted by Gasteiger charge is -2.08. The van der Waals surface area contributed by atoms with Gasteiger partial charge >= 0.3 is 0 Å². The summed E-state index contributed by atoms with van der Waals surface area (Å²) in [4.78, 5) is 16.1. The maximum absolute atomic E-state index is 12.1. The molecule has 1 amide bonds. The molecule has 0 bridgehead atoms. The summed E-state index contributed by atoms with van der Waals surface area (Å²) < 4.78 is 12.5. The molecule has 0 unspecified atom stereocenters. The lowest BCUT2D eigenvalue weighted by atomic mass is 10.2. The van der Waals surface area contributed by atoms with Crippen LogP contribution in [0.2, 0.25) is 0 Å². The van der Waals surface area contributed by atoms with Gasteiger partial charge in [0, 0.05) is 11.8 Å². The summed E-state index contributed by atoms with van der Waals surface area (Å²) in [5.74, 6) is 1.38. The number of nitrogens with zero attached hydrogens (tertiary/aromatic N) is 2. The Hall–Kier alpha value is -3.02. The average Bonchev–Trinajstić information content (AvgIpc) is 3.06. The Kier molecular flexibility index (Phi) is 4.42. The molecule has 1 aromatic carbocycles. The number of benzene rings is 1. The first kappa shape index (κ1) is 14.9. The van der Waals surface area contributed by atoms with Crippen LogP contribution in [-0.2, 0) is 0 Å². The van der Waals surface area contributed by atoms with Gasteiger partial charge in [0.2, 0.25) is 0 Å². The van der Waals surface area contributed by atoms with Crippen LogP contribution in [0.1, 0.15) is 10.4 Å². The average molecular weight is 311 g/mol. The van der Waals surface area contributed by atoms with Gasteiger partial charge in [0.15, 0.2) is 0 Å². The van der Waals surface area contributed by atoms with Crippen molar-refractivity contribution in [1.29, 1.82) is 0 Å². The number of methoxy groups -OCH3 is 1. The highest BCUT2D eigenvalue weighted by Gasteiger charge is 2.06. The number of fused-ring (bicyclic) bond motifs is 1. The molecule has 0 spiro atoms. The van der Waals surface area contributed by atoms with Crippen LogP contribution in [0.4, 0.5) is 0 Å². The van der Waals surface area contributed by atoms with Gasteiger partial charge in [-0.2, -0.15) is 0 Å². The SMILES string of the molecule is COc1ccc(OCCNC(=O)c2ccn3cncc3c2)cc1. The van der Waals surface area contributed by atoms with Crippen molar-refractivity contribution in [3.63, 3.8) is 0 Å². The smallest absolute Gasteiger partial charge is 0.251 e. The van der Waals surface area contributed by atoms with Gasteiger partial charge in [-0.05, 0) is 36.4 Å². The molecule has 0 aliphatic heterocycles. The van der Waals surface area contributed by atoms with Crippen molar-refractivity contribution in [2.45, 2.75) is 0 Å². The number of hydrogen-bond donors (Lipinski definition) is 1. The highest BCUT2D eigenvalue weighted by molar-refractivity contribution is 5.95. The minimum absolute atomic E-state index is 0.132. The number of amides is 1. The van der Waals surface area contributed by atoms with Crippen LogP contribution < -0.4 is 14.8 Å². The number of aromatic nitrogens is 2. The molecule has 0 aliphatic carbocycles. The molecule has 2 heterocycles. The minimum atomic E-state index is -0.132. The normalized spacial score (nSPS) is 10.5. The van der Waals surface area contributed by atoms with Crippen LogP contribution in [0.3, 0.4) is 0 Å². The van der Waals surface area contributed by atoms with Gasteiger partial charge in [-0.25, -0.2) is 4.98 Å². The van der Waals surface area contributed by atoms with E-state index in [4.69, 9.17) is 9.47 Å². The second-order valence-corrected chi connectivity index (χ2v) is 4.92. The van der Waals surface area contributed by atoms with Gasteiger partial charge in [-0.3, -0.25) is 4.79 Å². The zero-order valence-electron chi connectivity index (χ0n) is 12.7. The summed E-state index contributed by atoms with van der Waals surface area (Å²) in [6.45, 7) is 0.822. The molecule has 6 heteroatoms. The Labute approximate surface area is 133 Å². The zero-order valence-corrected chi connectivity index (χ0v) is 12.7. The number of carbonyl (C=O) groups is 1. The summed E-state index contributed by atoms with van der Waals surface area (Å²) in [5, 5.41) is 2.83. The van der Waals surface area contributed by atoms with Crippen molar-refractivity contribution >= 4 is 11.4 Å². The predicted octanol–water partition coefficient (Wildman–Crippen LogP) is 2.15. The van der Waals surface area contributed by atoms with Gasteiger partial charge < -0.3 is 19.2 Å². The van der Waals surface area contributed by atoms with E-state index in [9.17, 15) is 4.79 Å². The topological polar surface area (TPSA) is 64.9 Å². The number of rotatable bonds is 6. The monoisotopic (exact) mass is 311 g/mol. The molecule has 23 heavy (non-hydrogen) atoms.